The summed E-state index contributed by atoms with van der Waals surface area (Å²) < 4.78 is 170. The van der Waals surface area contributed by atoms with Gasteiger partial charge in [0.05, 0.1) is 0 Å². The molecule has 0 saturated carbocycles. The SMILES string of the molecule is O=[P+](O)C(F)(F)C(F)(F)C(F)(F)C(F)(F)C(F)(F)C(F)(F)F. The fourth-order valence-electron chi connectivity index (χ4n) is 0.881. The van der Waals surface area contributed by atoms with Crippen LogP contribution >= 0.6 is 8.03 Å². The van der Waals surface area contributed by atoms with E-state index in [2.05, 4.69) is 0 Å². The van der Waals surface area contributed by atoms with E-state index < -0.39 is 43.6 Å². The maximum atomic E-state index is 12.7. The second kappa shape index (κ2) is 5.08. The van der Waals surface area contributed by atoms with Gasteiger partial charge in [0.1, 0.15) is 0 Å². The zero-order valence-electron chi connectivity index (χ0n) is 9.22. The van der Waals surface area contributed by atoms with Gasteiger partial charge in [0, 0.05) is 0 Å². The predicted molar refractivity (Wildman–Crippen MR) is 40.6 cm³/mol. The zero-order valence-corrected chi connectivity index (χ0v) is 10.1. The summed E-state index contributed by atoms with van der Waals surface area (Å²) in [5, 5.41) is 0. The molecule has 2 nitrogen and oxygen atoms in total. The topological polar surface area (TPSA) is 37.3 Å². The summed E-state index contributed by atoms with van der Waals surface area (Å²) in [7, 11) is -5.68. The Bertz CT molecular complexity index is 452. The molecule has 0 saturated heterocycles. The fourth-order valence-corrected chi connectivity index (χ4v) is 1.26. The summed E-state index contributed by atoms with van der Waals surface area (Å²) in [6.07, 6.45) is -7.51. The van der Waals surface area contributed by atoms with Gasteiger partial charge >= 0.3 is 43.6 Å². The van der Waals surface area contributed by atoms with Crippen LogP contribution < -0.4 is 0 Å². The van der Waals surface area contributed by atoms with Crippen LogP contribution in [0.2, 0.25) is 0 Å². The summed E-state index contributed by atoms with van der Waals surface area (Å²) in [6.45, 7) is 0. The molecular weight excluding hydrogens is 382 g/mol. The van der Waals surface area contributed by atoms with E-state index in [4.69, 9.17) is 4.89 Å². The first-order valence-corrected chi connectivity index (χ1v) is 5.53. The number of hydrogen-bond acceptors (Lipinski definition) is 1. The molecule has 1 atom stereocenters. The van der Waals surface area contributed by atoms with Crippen LogP contribution in [0.5, 0.6) is 0 Å². The van der Waals surface area contributed by atoms with E-state index >= 15 is 0 Å². The summed E-state index contributed by atoms with van der Waals surface area (Å²) >= 11 is 0. The van der Waals surface area contributed by atoms with Crippen LogP contribution in [0.25, 0.3) is 0 Å². The number of rotatable bonds is 5. The van der Waals surface area contributed by atoms with E-state index in [1.807, 2.05) is 0 Å². The van der Waals surface area contributed by atoms with Crippen LogP contribution in [-0.2, 0) is 4.57 Å². The van der Waals surface area contributed by atoms with Crippen LogP contribution in [0.1, 0.15) is 0 Å². The quantitative estimate of drug-likeness (QED) is 0.564. The maximum absolute atomic E-state index is 12.7. The molecule has 0 aromatic carbocycles. The Balaban J connectivity index is 6.29. The third-order valence-corrected chi connectivity index (χ3v) is 2.92. The van der Waals surface area contributed by atoms with Crippen molar-refractivity contribution in [3.8, 4) is 0 Å². The highest BCUT2D eigenvalue weighted by molar-refractivity contribution is 7.39. The van der Waals surface area contributed by atoms with Gasteiger partial charge in [-0.15, -0.1) is 8.78 Å². The van der Waals surface area contributed by atoms with E-state index in [-0.39, 0.29) is 0 Å². The predicted octanol–water partition coefficient (Wildman–Crippen LogP) is 4.42. The molecule has 0 spiro atoms. The normalized spacial score (nSPS) is 16.7. The van der Waals surface area contributed by atoms with Gasteiger partial charge in [-0.05, 0) is 4.57 Å². The van der Waals surface area contributed by atoms with Crippen molar-refractivity contribution in [1.29, 1.82) is 0 Å². The average Bonchev–Trinajstić information content (AvgIpc) is 2.25. The first-order valence-electron chi connectivity index (χ1n) is 4.31. The molecule has 22 heavy (non-hydrogen) atoms. The van der Waals surface area contributed by atoms with Gasteiger partial charge in [-0.3, -0.25) is 0 Å². The molecular formula is C6HF13O2P+. The molecule has 0 aromatic heterocycles. The summed E-state index contributed by atoms with van der Waals surface area (Å²) in [5.41, 5.74) is -6.92. The number of alkyl halides is 13. The Morgan fingerprint density at radius 3 is 1.05 bits per heavy atom. The lowest BCUT2D eigenvalue weighted by Gasteiger charge is -2.36. The van der Waals surface area contributed by atoms with Crippen LogP contribution in [-0.4, -0.2) is 40.4 Å². The Kier molecular flexibility index (Phi) is 4.88. The van der Waals surface area contributed by atoms with Crippen LogP contribution in [0.15, 0.2) is 0 Å². The molecule has 0 fully saturated rings. The maximum Gasteiger partial charge on any atom is 0.591 e. The number of hydrogen-bond donors (Lipinski definition) is 1. The average molecular weight is 383 g/mol. The lowest BCUT2D eigenvalue weighted by Crippen LogP contribution is -2.69. The number of halogens is 13. The van der Waals surface area contributed by atoms with Crippen molar-refractivity contribution in [2.75, 3.05) is 0 Å². The van der Waals surface area contributed by atoms with Crippen LogP contribution in [0.4, 0.5) is 57.1 Å². The molecule has 0 aliphatic heterocycles. The largest absolute Gasteiger partial charge is 0.591 e. The molecule has 0 bridgehead atoms. The summed E-state index contributed by atoms with van der Waals surface area (Å²) in [6, 6.07) is 0. The van der Waals surface area contributed by atoms with Gasteiger partial charge in [0.2, 0.25) is 0 Å². The minimum absolute atomic E-state index is 5.68. The molecule has 1 unspecified atom stereocenters. The highest BCUT2D eigenvalue weighted by Crippen LogP contribution is 2.63. The third kappa shape index (κ3) is 2.51. The second-order valence-electron chi connectivity index (χ2n) is 3.61. The van der Waals surface area contributed by atoms with E-state index in [1.165, 1.54) is 0 Å². The second-order valence-corrected chi connectivity index (χ2v) is 4.72. The molecule has 132 valence electrons. The highest BCUT2D eigenvalue weighted by Gasteiger charge is 2.94. The van der Waals surface area contributed by atoms with Crippen molar-refractivity contribution in [3.05, 3.63) is 0 Å². The van der Waals surface area contributed by atoms with E-state index in [9.17, 15) is 61.6 Å². The van der Waals surface area contributed by atoms with Crippen molar-refractivity contribution >= 4 is 8.03 Å². The van der Waals surface area contributed by atoms with Gasteiger partial charge in [-0.2, -0.15) is 53.2 Å². The summed E-state index contributed by atoms with van der Waals surface area (Å²) in [4.78, 5) is 7.70. The Morgan fingerprint density at radius 2 is 0.818 bits per heavy atom. The van der Waals surface area contributed by atoms with Crippen molar-refractivity contribution < 1.29 is 66.5 Å². The van der Waals surface area contributed by atoms with Gasteiger partial charge in [0.25, 0.3) is 0 Å². The molecule has 0 aliphatic rings. The standard InChI is InChI=1S/C6F13O2P/c7-1(8,3(11,12)5(15,16)17)2(9,10)4(13,14)6(18,19)22(20)21/p+1. The Morgan fingerprint density at radius 1 is 0.545 bits per heavy atom. The first-order chi connectivity index (χ1) is 9.19. The van der Waals surface area contributed by atoms with Crippen molar-refractivity contribution in [2.45, 2.75) is 35.5 Å². The van der Waals surface area contributed by atoms with Gasteiger partial charge in [-0.25, -0.2) is 0 Å². The van der Waals surface area contributed by atoms with E-state index in [0.717, 1.165) is 0 Å². The smallest absolute Gasteiger partial charge is 0.192 e. The third-order valence-electron chi connectivity index (χ3n) is 2.16. The van der Waals surface area contributed by atoms with Crippen LogP contribution in [0, 0.1) is 0 Å². The van der Waals surface area contributed by atoms with Gasteiger partial charge in [0.15, 0.2) is 0 Å². The molecule has 0 radical (unpaired) electrons. The lowest BCUT2D eigenvalue weighted by atomic mass is 9.98. The van der Waals surface area contributed by atoms with E-state index in [1.54, 1.807) is 0 Å². The Hall–Kier alpha value is -0.850. The lowest BCUT2D eigenvalue weighted by molar-refractivity contribution is -0.433. The molecule has 16 heteroatoms. The monoisotopic (exact) mass is 383 g/mol. The molecule has 0 amide bonds. The van der Waals surface area contributed by atoms with Crippen molar-refractivity contribution in [1.82, 2.24) is 0 Å². The molecule has 1 N–H and O–H groups in total. The van der Waals surface area contributed by atoms with Gasteiger partial charge < -0.3 is 0 Å². The first kappa shape index (κ1) is 21.1. The molecule has 0 rings (SSSR count). The minimum Gasteiger partial charge on any atom is -0.192 e. The van der Waals surface area contributed by atoms with E-state index in [0.29, 0.717) is 0 Å². The molecule has 0 heterocycles. The van der Waals surface area contributed by atoms with Crippen molar-refractivity contribution in [2.24, 2.45) is 0 Å². The minimum atomic E-state index is -8.06. The Labute approximate surface area is 111 Å². The fraction of sp³-hybridized carbons (Fsp3) is 1.00. The highest BCUT2D eigenvalue weighted by atomic mass is 31.1. The van der Waals surface area contributed by atoms with Crippen molar-refractivity contribution in [3.63, 3.8) is 0 Å². The molecule has 0 aromatic rings. The van der Waals surface area contributed by atoms with Gasteiger partial charge in [-0.1, -0.05) is 0 Å². The zero-order chi connectivity index (χ0) is 18.6. The molecule has 0 aliphatic carbocycles. The van der Waals surface area contributed by atoms with Crippen LogP contribution in [0.3, 0.4) is 0 Å². The summed E-state index contributed by atoms with van der Waals surface area (Å²) in [5.74, 6) is -31.6.